The number of carbonyl (C=O) groups excluding carboxylic acids is 1. The van der Waals surface area contributed by atoms with Gasteiger partial charge in [-0.05, 0) is 38.5 Å². The van der Waals surface area contributed by atoms with E-state index in [4.69, 9.17) is 9.72 Å². The Morgan fingerprint density at radius 1 is 1.11 bits per heavy atom. The predicted octanol–water partition coefficient (Wildman–Crippen LogP) is 1.38. The average molecular weight is 372 g/mol. The minimum atomic E-state index is -0.0513. The first-order valence-electron chi connectivity index (χ1n) is 10.4. The van der Waals surface area contributed by atoms with Crippen LogP contribution in [-0.4, -0.2) is 58.0 Å². The van der Waals surface area contributed by atoms with E-state index >= 15 is 0 Å². The Morgan fingerprint density at radius 2 is 1.93 bits per heavy atom. The van der Waals surface area contributed by atoms with Crippen LogP contribution in [0.4, 0.5) is 0 Å². The van der Waals surface area contributed by atoms with E-state index in [1.807, 2.05) is 4.90 Å². The summed E-state index contributed by atoms with van der Waals surface area (Å²) in [6, 6.07) is 0.456. The van der Waals surface area contributed by atoms with E-state index in [1.165, 1.54) is 0 Å². The van der Waals surface area contributed by atoms with Crippen molar-refractivity contribution in [2.24, 2.45) is 5.92 Å². The third kappa shape index (κ3) is 3.31. The summed E-state index contributed by atoms with van der Waals surface area (Å²) in [5, 5.41) is 0. The number of carbonyl (C=O) groups is 1. The van der Waals surface area contributed by atoms with E-state index in [0.29, 0.717) is 18.4 Å². The molecule has 146 valence electrons. The maximum Gasteiger partial charge on any atom is 0.255 e. The number of hydrogen-bond donors (Lipinski definition) is 1. The van der Waals surface area contributed by atoms with Gasteiger partial charge in [0.2, 0.25) is 5.91 Å². The molecule has 1 saturated carbocycles. The molecule has 1 atom stereocenters. The van der Waals surface area contributed by atoms with E-state index in [1.54, 1.807) is 0 Å². The van der Waals surface area contributed by atoms with E-state index in [0.717, 1.165) is 82.5 Å². The molecule has 2 saturated heterocycles. The monoisotopic (exact) mass is 372 g/mol. The lowest BCUT2D eigenvalue weighted by atomic mass is 10.0. The molecule has 0 aromatic carbocycles. The smallest absolute Gasteiger partial charge is 0.255 e. The quantitative estimate of drug-likeness (QED) is 0.867. The number of aromatic nitrogens is 2. The summed E-state index contributed by atoms with van der Waals surface area (Å²) in [6.45, 7) is 4.04. The zero-order valence-electron chi connectivity index (χ0n) is 15.8. The largest absolute Gasteiger partial charge is 0.381 e. The second kappa shape index (κ2) is 7.02. The molecule has 0 unspecified atom stereocenters. The summed E-state index contributed by atoms with van der Waals surface area (Å²) in [6.07, 6.45) is 6.80. The Bertz CT molecular complexity index is 782. The Balaban J connectivity index is 1.37. The topological polar surface area (TPSA) is 78.5 Å². The normalized spacial score (nSPS) is 27.0. The van der Waals surface area contributed by atoms with Gasteiger partial charge in [0.15, 0.2) is 0 Å². The van der Waals surface area contributed by atoms with Crippen LogP contribution in [0.2, 0.25) is 0 Å². The number of hydrogen-bond acceptors (Lipinski definition) is 5. The second-order valence-corrected chi connectivity index (χ2v) is 8.40. The number of rotatable bonds is 3. The molecule has 1 aromatic rings. The fourth-order valence-corrected chi connectivity index (χ4v) is 4.86. The highest BCUT2D eigenvalue weighted by Crippen LogP contribution is 2.37. The molecule has 4 aliphatic rings. The van der Waals surface area contributed by atoms with Gasteiger partial charge < -0.3 is 14.6 Å². The van der Waals surface area contributed by atoms with Gasteiger partial charge >= 0.3 is 0 Å². The van der Waals surface area contributed by atoms with Gasteiger partial charge in [-0.2, -0.15) is 0 Å². The number of aromatic amines is 1. The summed E-state index contributed by atoms with van der Waals surface area (Å²) >= 11 is 0. The summed E-state index contributed by atoms with van der Waals surface area (Å²) in [4.78, 5) is 37.7. The highest BCUT2D eigenvalue weighted by molar-refractivity contribution is 5.81. The van der Waals surface area contributed by atoms with Crippen molar-refractivity contribution >= 4 is 5.91 Å². The van der Waals surface area contributed by atoms with Crippen LogP contribution in [0.1, 0.15) is 61.6 Å². The molecule has 0 spiro atoms. The number of nitrogens with zero attached hydrogens (tertiary/aromatic N) is 3. The zero-order valence-corrected chi connectivity index (χ0v) is 15.8. The van der Waals surface area contributed by atoms with E-state index in [-0.39, 0.29) is 23.4 Å². The van der Waals surface area contributed by atoms with Crippen LogP contribution in [0.15, 0.2) is 4.79 Å². The van der Waals surface area contributed by atoms with Crippen LogP contribution < -0.4 is 5.56 Å². The number of H-pyrrole nitrogens is 1. The second-order valence-electron chi connectivity index (χ2n) is 8.40. The van der Waals surface area contributed by atoms with Crippen LogP contribution in [-0.2, 0) is 22.5 Å². The highest BCUT2D eigenvalue weighted by atomic mass is 16.5. The van der Waals surface area contributed by atoms with Crippen molar-refractivity contribution in [2.75, 3.05) is 26.3 Å². The molecule has 0 radical (unpaired) electrons. The predicted molar refractivity (Wildman–Crippen MR) is 99.2 cm³/mol. The Kier molecular flexibility index (Phi) is 4.52. The summed E-state index contributed by atoms with van der Waals surface area (Å²) in [7, 11) is 0. The van der Waals surface area contributed by atoms with Gasteiger partial charge in [0.05, 0.1) is 17.3 Å². The van der Waals surface area contributed by atoms with Gasteiger partial charge in [0.1, 0.15) is 5.82 Å². The Morgan fingerprint density at radius 3 is 2.70 bits per heavy atom. The van der Waals surface area contributed by atoms with Crippen molar-refractivity contribution in [3.8, 4) is 0 Å². The molecule has 27 heavy (non-hydrogen) atoms. The van der Waals surface area contributed by atoms with E-state index < -0.39 is 0 Å². The first kappa shape index (κ1) is 17.4. The Labute approximate surface area is 159 Å². The minimum Gasteiger partial charge on any atom is -0.381 e. The third-order valence-electron chi connectivity index (χ3n) is 6.60. The van der Waals surface area contributed by atoms with Crippen LogP contribution in [0.3, 0.4) is 0 Å². The molecule has 7 nitrogen and oxygen atoms in total. The number of amides is 1. The van der Waals surface area contributed by atoms with Crippen molar-refractivity contribution in [1.82, 2.24) is 19.8 Å². The van der Waals surface area contributed by atoms with E-state index in [2.05, 4.69) is 9.88 Å². The van der Waals surface area contributed by atoms with Crippen LogP contribution >= 0.6 is 0 Å². The van der Waals surface area contributed by atoms with Crippen LogP contribution in [0.5, 0.6) is 0 Å². The fourth-order valence-electron chi connectivity index (χ4n) is 4.86. The van der Waals surface area contributed by atoms with Crippen molar-refractivity contribution in [1.29, 1.82) is 0 Å². The first-order valence-corrected chi connectivity index (χ1v) is 10.4. The number of likely N-dealkylation sites (tertiary alicyclic amines) is 1. The molecule has 7 heteroatoms. The standard InChI is InChI=1S/C20H28N4O3/c25-19-15-12-23(14-6-10-27-11-7-14)9-5-16(15)21-18(22-19)17-2-1-8-24(17)20(26)13-3-4-13/h13-14,17H,1-12H2,(H,21,22,25)/t17-/m1/s1. The van der Waals surface area contributed by atoms with Crippen LogP contribution in [0.25, 0.3) is 0 Å². The van der Waals surface area contributed by atoms with Crippen molar-refractivity contribution in [2.45, 2.75) is 63.6 Å². The van der Waals surface area contributed by atoms with Gasteiger partial charge in [-0.25, -0.2) is 4.98 Å². The lowest BCUT2D eigenvalue weighted by Crippen LogP contribution is -2.44. The van der Waals surface area contributed by atoms with E-state index in [9.17, 15) is 9.59 Å². The van der Waals surface area contributed by atoms with Gasteiger partial charge in [0.25, 0.3) is 5.56 Å². The van der Waals surface area contributed by atoms with Gasteiger partial charge in [0, 0.05) is 51.2 Å². The number of fused-ring (bicyclic) bond motifs is 1. The molecule has 5 rings (SSSR count). The van der Waals surface area contributed by atoms with Crippen molar-refractivity contribution in [3.05, 3.63) is 27.4 Å². The molecule has 1 aromatic heterocycles. The number of nitrogens with one attached hydrogen (secondary N) is 1. The molecule has 1 N–H and O–H groups in total. The molecule has 4 heterocycles. The van der Waals surface area contributed by atoms with Crippen LogP contribution in [0, 0.1) is 5.92 Å². The van der Waals surface area contributed by atoms with Crippen molar-refractivity contribution in [3.63, 3.8) is 0 Å². The molecule has 1 aliphatic carbocycles. The first-order chi connectivity index (χ1) is 13.2. The maximum atomic E-state index is 12.8. The Hall–Kier alpha value is -1.73. The zero-order chi connectivity index (χ0) is 18.4. The molecule has 3 fully saturated rings. The molecule has 3 aliphatic heterocycles. The maximum absolute atomic E-state index is 12.8. The van der Waals surface area contributed by atoms with Gasteiger partial charge in [-0.3, -0.25) is 14.5 Å². The lowest BCUT2D eigenvalue weighted by molar-refractivity contribution is -0.133. The van der Waals surface area contributed by atoms with Crippen molar-refractivity contribution < 1.29 is 9.53 Å². The average Bonchev–Trinajstić information content (AvgIpc) is 3.44. The molecule has 1 amide bonds. The molecular formula is C20H28N4O3. The SMILES string of the molecule is O=C(C1CC1)N1CCC[C@@H]1c1nc2c(c(=O)[nH]1)CN(C1CCOCC1)CC2. The molecular weight excluding hydrogens is 344 g/mol. The highest BCUT2D eigenvalue weighted by Gasteiger charge is 2.40. The van der Waals surface area contributed by atoms with Gasteiger partial charge in [-0.15, -0.1) is 0 Å². The fraction of sp³-hybridized carbons (Fsp3) is 0.750. The summed E-state index contributed by atoms with van der Waals surface area (Å²) in [5.41, 5.74) is 1.73. The third-order valence-corrected chi connectivity index (χ3v) is 6.60. The van der Waals surface area contributed by atoms with Gasteiger partial charge in [-0.1, -0.05) is 0 Å². The summed E-state index contributed by atoms with van der Waals surface area (Å²) < 4.78 is 5.47. The number of ether oxygens (including phenoxy) is 1. The lowest BCUT2D eigenvalue weighted by Gasteiger charge is -2.37. The minimum absolute atomic E-state index is 0.0162. The summed E-state index contributed by atoms with van der Waals surface area (Å²) in [5.74, 6) is 1.16. The molecule has 0 bridgehead atoms.